The Labute approximate surface area is 110 Å². The van der Waals surface area contributed by atoms with Crippen molar-refractivity contribution in [1.29, 1.82) is 0 Å². The zero-order valence-corrected chi connectivity index (χ0v) is 10.6. The molecule has 5 nitrogen and oxygen atoms in total. The van der Waals surface area contributed by atoms with Gasteiger partial charge in [0.15, 0.2) is 0 Å². The third-order valence-electron chi connectivity index (χ3n) is 2.03. The molecule has 2 rings (SSSR count). The van der Waals surface area contributed by atoms with Gasteiger partial charge in [0.25, 0.3) is 5.69 Å². The Balaban J connectivity index is 2.58. The molecule has 0 atom stereocenters. The third kappa shape index (κ3) is 2.59. The van der Waals surface area contributed by atoms with Gasteiger partial charge in [0.1, 0.15) is 10.8 Å². The van der Waals surface area contributed by atoms with Crippen LogP contribution in [0.3, 0.4) is 0 Å². The number of nitro groups is 1. The SMILES string of the molecule is O=[N+]([O-])c1cc(Br)cnc1-c1ccc(Cl)nc1. The van der Waals surface area contributed by atoms with Gasteiger partial charge in [-0.1, -0.05) is 11.6 Å². The molecule has 2 aromatic heterocycles. The van der Waals surface area contributed by atoms with Gasteiger partial charge in [-0.05, 0) is 28.1 Å². The molecule has 0 spiro atoms. The standard InChI is InChI=1S/C10H5BrClN3O2/c11-7-3-8(15(16)17)10(14-5-7)6-1-2-9(12)13-4-6/h1-5H. The summed E-state index contributed by atoms with van der Waals surface area (Å²) in [6.07, 6.45) is 2.95. The van der Waals surface area contributed by atoms with Crippen LogP contribution < -0.4 is 0 Å². The van der Waals surface area contributed by atoms with Crippen molar-refractivity contribution < 1.29 is 4.92 Å². The molecule has 0 aromatic carbocycles. The predicted molar refractivity (Wildman–Crippen MR) is 66.8 cm³/mol. The zero-order valence-electron chi connectivity index (χ0n) is 8.30. The summed E-state index contributed by atoms with van der Waals surface area (Å²) in [5.74, 6) is 0. The molecular formula is C10H5BrClN3O2. The van der Waals surface area contributed by atoms with E-state index < -0.39 is 4.92 Å². The van der Waals surface area contributed by atoms with Crippen LogP contribution in [0.4, 0.5) is 5.69 Å². The molecule has 0 N–H and O–H groups in total. The van der Waals surface area contributed by atoms with Crippen LogP contribution in [0.1, 0.15) is 0 Å². The summed E-state index contributed by atoms with van der Waals surface area (Å²) in [5.41, 5.74) is 0.736. The van der Waals surface area contributed by atoms with Gasteiger partial charge < -0.3 is 0 Å². The summed E-state index contributed by atoms with van der Waals surface area (Å²) in [5, 5.41) is 11.2. The van der Waals surface area contributed by atoms with E-state index in [1.165, 1.54) is 18.5 Å². The molecule has 0 fully saturated rings. The number of nitrogens with zero attached hydrogens (tertiary/aromatic N) is 3. The normalized spacial score (nSPS) is 10.2. The van der Waals surface area contributed by atoms with Crippen molar-refractivity contribution in [3.8, 4) is 11.3 Å². The van der Waals surface area contributed by atoms with Crippen molar-refractivity contribution in [3.63, 3.8) is 0 Å². The molecule has 0 saturated heterocycles. The lowest BCUT2D eigenvalue weighted by molar-refractivity contribution is -0.384. The first-order valence-corrected chi connectivity index (χ1v) is 5.67. The van der Waals surface area contributed by atoms with Crippen LogP contribution in [0.15, 0.2) is 35.1 Å². The minimum absolute atomic E-state index is 0.0801. The van der Waals surface area contributed by atoms with E-state index >= 15 is 0 Å². The van der Waals surface area contributed by atoms with Crippen molar-refractivity contribution in [2.75, 3.05) is 0 Å². The molecule has 0 bridgehead atoms. The second-order valence-electron chi connectivity index (χ2n) is 3.15. The summed E-state index contributed by atoms with van der Waals surface area (Å²) in [6.45, 7) is 0. The number of hydrogen-bond acceptors (Lipinski definition) is 4. The van der Waals surface area contributed by atoms with E-state index in [2.05, 4.69) is 25.9 Å². The average molecular weight is 315 g/mol. The molecule has 0 unspecified atom stereocenters. The van der Waals surface area contributed by atoms with Crippen LogP contribution in [0.2, 0.25) is 5.15 Å². The fraction of sp³-hybridized carbons (Fsp3) is 0. The van der Waals surface area contributed by atoms with E-state index in [0.29, 0.717) is 15.2 Å². The maximum absolute atomic E-state index is 10.9. The van der Waals surface area contributed by atoms with Gasteiger partial charge in [-0.3, -0.25) is 10.1 Å². The molecule has 0 radical (unpaired) electrons. The van der Waals surface area contributed by atoms with Crippen molar-refractivity contribution in [2.45, 2.75) is 0 Å². The number of pyridine rings is 2. The second-order valence-corrected chi connectivity index (χ2v) is 4.45. The molecule has 0 saturated carbocycles. The van der Waals surface area contributed by atoms with Gasteiger partial charge in [-0.25, -0.2) is 9.97 Å². The molecule has 86 valence electrons. The fourth-order valence-corrected chi connectivity index (χ4v) is 1.74. The van der Waals surface area contributed by atoms with Gasteiger partial charge in [0.05, 0.1) is 4.92 Å². The molecule has 0 amide bonds. The number of aromatic nitrogens is 2. The van der Waals surface area contributed by atoms with Gasteiger partial charge in [0.2, 0.25) is 0 Å². The molecule has 2 aromatic rings. The summed E-state index contributed by atoms with van der Waals surface area (Å²) >= 11 is 8.80. The van der Waals surface area contributed by atoms with Crippen LogP contribution in [-0.2, 0) is 0 Å². The van der Waals surface area contributed by atoms with Crippen molar-refractivity contribution in [1.82, 2.24) is 9.97 Å². The highest BCUT2D eigenvalue weighted by Crippen LogP contribution is 2.29. The zero-order chi connectivity index (χ0) is 12.4. The maximum Gasteiger partial charge on any atom is 0.296 e. The van der Waals surface area contributed by atoms with Gasteiger partial charge in [-0.2, -0.15) is 0 Å². The van der Waals surface area contributed by atoms with Crippen LogP contribution in [0, 0.1) is 10.1 Å². The Morgan fingerprint density at radius 2 is 2.06 bits per heavy atom. The Morgan fingerprint density at radius 1 is 1.29 bits per heavy atom. The van der Waals surface area contributed by atoms with Crippen molar-refractivity contribution in [3.05, 3.63) is 50.3 Å². The highest BCUT2D eigenvalue weighted by atomic mass is 79.9. The first-order chi connectivity index (χ1) is 8.08. The quantitative estimate of drug-likeness (QED) is 0.483. The molecule has 2 heterocycles. The van der Waals surface area contributed by atoms with Gasteiger partial charge >= 0.3 is 0 Å². The molecule has 17 heavy (non-hydrogen) atoms. The summed E-state index contributed by atoms with van der Waals surface area (Å²) < 4.78 is 0.551. The number of hydrogen-bond donors (Lipinski definition) is 0. The van der Waals surface area contributed by atoms with Crippen LogP contribution in [-0.4, -0.2) is 14.9 Å². The van der Waals surface area contributed by atoms with E-state index in [4.69, 9.17) is 11.6 Å². The lowest BCUT2D eigenvalue weighted by atomic mass is 10.1. The highest BCUT2D eigenvalue weighted by Gasteiger charge is 2.17. The topological polar surface area (TPSA) is 68.9 Å². The highest BCUT2D eigenvalue weighted by molar-refractivity contribution is 9.10. The minimum Gasteiger partial charge on any atom is -0.258 e. The number of rotatable bonds is 2. The second kappa shape index (κ2) is 4.77. The monoisotopic (exact) mass is 313 g/mol. The minimum atomic E-state index is -0.484. The predicted octanol–water partition coefficient (Wildman–Crippen LogP) is 3.47. The van der Waals surface area contributed by atoms with Crippen LogP contribution in [0.5, 0.6) is 0 Å². The molecule has 0 aliphatic heterocycles. The largest absolute Gasteiger partial charge is 0.296 e. The lowest BCUT2D eigenvalue weighted by Crippen LogP contribution is -1.95. The molecule has 0 aliphatic rings. The van der Waals surface area contributed by atoms with E-state index in [9.17, 15) is 10.1 Å². The summed E-state index contributed by atoms with van der Waals surface area (Å²) in [6, 6.07) is 4.60. The van der Waals surface area contributed by atoms with Crippen LogP contribution in [0.25, 0.3) is 11.3 Å². The van der Waals surface area contributed by atoms with E-state index in [1.54, 1.807) is 12.1 Å². The summed E-state index contributed by atoms with van der Waals surface area (Å²) in [4.78, 5) is 18.3. The Kier molecular flexibility index (Phi) is 3.35. The van der Waals surface area contributed by atoms with E-state index in [0.717, 1.165) is 0 Å². The van der Waals surface area contributed by atoms with Crippen molar-refractivity contribution >= 4 is 33.2 Å². The van der Waals surface area contributed by atoms with Crippen LogP contribution >= 0.6 is 27.5 Å². The Bertz CT molecular complexity index is 574. The van der Waals surface area contributed by atoms with E-state index in [-0.39, 0.29) is 11.4 Å². The lowest BCUT2D eigenvalue weighted by Gasteiger charge is -2.02. The fourth-order valence-electron chi connectivity index (χ4n) is 1.31. The van der Waals surface area contributed by atoms with Gasteiger partial charge in [-0.15, -0.1) is 0 Å². The smallest absolute Gasteiger partial charge is 0.258 e. The number of halogens is 2. The van der Waals surface area contributed by atoms with Gasteiger partial charge in [0, 0.05) is 28.5 Å². The first kappa shape index (κ1) is 11.9. The molecular weight excluding hydrogens is 309 g/mol. The molecule has 7 heteroatoms. The molecule has 0 aliphatic carbocycles. The Hall–Kier alpha value is -1.53. The third-order valence-corrected chi connectivity index (χ3v) is 2.69. The Morgan fingerprint density at radius 3 is 2.65 bits per heavy atom. The maximum atomic E-state index is 10.9. The van der Waals surface area contributed by atoms with E-state index in [1.807, 2.05) is 0 Å². The average Bonchev–Trinajstić information content (AvgIpc) is 2.30. The first-order valence-electron chi connectivity index (χ1n) is 4.50. The summed E-state index contributed by atoms with van der Waals surface area (Å²) in [7, 11) is 0. The van der Waals surface area contributed by atoms with Crippen molar-refractivity contribution in [2.24, 2.45) is 0 Å².